The van der Waals surface area contributed by atoms with Gasteiger partial charge in [0.25, 0.3) is 0 Å². The summed E-state index contributed by atoms with van der Waals surface area (Å²) >= 11 is 0. The molecule has 0 saturated heterocycles. The molecule has 1 aromatic heterocycles. The highest BCUT2D eigenvalue weighted by molar-refractivity contribution is 5.80. The van der Waals surface area contributed by atoms with Crippen molar-refractivity contribution in [3.8, 4) is 11.4 Å². The molecule has 0 aliphatic heterocycles. The molecule has 25 heavy (non-hydrogen) atoms. The molecule has 0 aliphatic carbocycles. The summed E-state index contributed by atoms with van der Waals surface area (Å²) in [6.45, 7) is 8.18. The number of imidazole rings is 1. The van der Waals surface area contributed by atoms with Crippen LogP contribution in [0.5, 0.6) is 0 Å². The number of fused-ring (bicyclic) bond motifs is 1. The summed E-state index contributed by atoms with van der Waals surface area (Å²) in [6, 6.07) is 11.1. The van der Waals surface area contributed by atoms with Crippen LogP contribution in [-0.4, -0.2) is 16.8 Å². The summed E-state index contributed by atoms with van der Waals surface area (Å²) in [5, 5.41) is 0. The molecule has 1 N–H and O–H groups in total. The fraction of sp³-hybridized carbons (Fsp3) is 0.263. The zero-order valence-corrected chi connectivity index (χ0v) is 14.4. The second-order valence-corrected chi connectivity index (χ2v) is 5.34. The molecule has 0 radical (unpaired) electrons. The SMILES string of the molecule is C=O.CCC.Cc1ccccc1-c1nc2ccc(C(F)(F)F)cc2[nH]1. The number of halogens is 3. The number of nitrogens with one attached hydrogen (secondary N) is 1. The molecule has 0 aliphatic rings. The van der Waals surface area contributed by atoms with Crippen LogP contribution < -0.4 is 0 Å². The number of alkyl halides is 3. The first-order valence-electron chi connectivity index (χ1n) is 7.78. The predicted molar refractivity (Wildman–Crippen MR) is 94.4 cm³/mol. The molecule has 3 aromatic rings. The first-order valence-corrected chi connectivity index (χ1v) is 7.78. The first kappa shape index (κ1) is 20.4. The second-order valence-electron chi connectivity index (χ2n) is 5.34. The van der Waals surface area contributed by atoms with E-state index in [0.717, 1.165) is 23.3 Å². The highest BCUT2D eigenvalue weighted by atomic mass is 19.4. The number of aryl methyl sites for hydroxylation is 1. The fourth-order valence-electron chi connectivity index (χ4n) is 2.15. The standard InChI is InChI=1S/C15H11F3N2.C3H8.CH2O/c1-9-4-2-3-5-11(9)14-19-12-7-6-10(15(16,17)18)8-13(12)20-14;1-3-2;1-2/h2-8H,1H3,(H,19,20);3H2,1-2H3;1H2. The highest BCUT2D eigenvalue weighted by Crippen LogP contribution is 2.32. The number of aromatic amines is 1. The maximum Gasteiger partial charge on any atom is 0.416 e. The molecule has 0 fully saturated rings. The topological polar surface area (TPSA) is 45.8 Å². The Morgan fingerprint density at radius 3 is 2.24 bits per heavy atom. The third-order valence-corrected chi connectivity index (χ3v) is 3.21. The second kappa shape index (κ2) is 9.01. The van der Waals surface area contributed by atoms with Crippen molar-refractivity contribution in [1.82, 2.24) is 9.97 Å². The van der Waals surface area contributed by atoms with Crippen molar-refractivity contribution in [3.63, 3.8) is 0 Å². The van der Waals surface area contributed by atoms with E-state index in [-0.39, 0.29) is 0 Å². The number of hydrogen-bond donors (Lipinski definition) is 1. The van der Waals surface area contributed by atoms with Gasteiger partial charge >= 0.3 is 6.18 Å². The van der Waals surface area contributed by atoms with Crippen molar-refractivity contribution < 1.29 is 18.0 Å². The Hall–Kier alpha value is -2.63. The minimum absolute atomic E-state index is 0.387. The van der Waals surface area contributed by atoms with Crippen molar-refractivity contribution in [2.24, 2.45) is 0 Å². The minimum Gasteiger partial charge on any atom is -0.338 e. The molecule has 3 nitrogen and oxygen atoms in total. The minimum atomic E-state index is -4.35. The summed E-state index contributed by atoms with van der Waals surface area (Å²) in [5.74, 6) is 0.581. The van der Waals surface area contributed by atoms with E-state index in [0.29, 0.717) is 16.9 Å². The average molecular weight is 350 g/mol. The molecule has 1 heterocycles. The Labute approximate surface area is 144 Å². The number of hydrogen-bond acceptors (Lipinski definition) is 2. The van der Waals surface area contributed by atoms with Crippen LogP contribution in [0.1, 0.15) is 31.4 Å². The van der Waals surface area contributed by atoms with Gasteiger partial charge in [-0.1, -0.05) is 44.5 Å². The van der Waals surface area contributed by atoms with Crippen molar-refractivity contribution in [1.29, 1.82) is 0 Å². The molecule has 6 heteroatoms. The fourth-order valence-corrected chi connectivity index (χ4v) is 2.15. The molecule has 3 rings (SSSR count). The quantitative estimate of drug-likeness (QED) is 0.604. The van der Waals surface area contributed by atoms with Gasteiger partial charge in [-0.3, -0.25) is 0 Å². The molecule has 0 atom stereocenters. The van der Waals surface area contributed by atoms with Crippen LogP contribution in [0.3, 0.4) is 0 Å². The summed E-state index contributed by atoms with van der Waals surface area (Å²) < 4.78 is 38.0. The largest absolute Gasteiger partial charge is 0.416 e. The van der Waals surface area contributed by atoms with Crippen molar-refractivity contribution >= 4 is 17.8 Å². The Bertz CT molecular complexity index is 810. The van der Waals surface area contributed by atoms with Crippen LogP contribution in [0.25, 0.3) is 22.4 Å². The number of rotatable bonds is 1. The predicted octanol–water partition coefficient (Wildman–Crippen LogP) is 5.79. The third-order valence-electron chi connectivity index (χ3n) is 3.21. The van der Waals surface area contributed by atoms with Gasteiger partial charge in [0.05, 0.1) is 16.6 Å². The van der Waals surface area contributed by atoms with Gasteiger partial charge < -0.3 is 9.78 Å². The number of nitrogens with zero attached hydrogens (tertiary/aromatic N) is 1. The van der Waals surface area contributed by atoms with E-state index in [9.17, 15) is 13.2 Å². The van der Waals surface area contributed by atoms with E-state index in [4.69, 9.17) is 4.79 Å². The van der Waals surface area contributed by atoms with Crippen LogP contribution in [0, 0.1) is 6.92 Å². The van der Waals surface area contributed by atoms with Crippen LogP contribution >= 0.6 is 0 Å². The molecule has 134 valence electrons. The van der Waals surface area contributed by atoms with E-state index < -0.39 is 11.7 Å². The highest BCUT2D eigenvalue weighted by Gasteiger charge is 2.30. The number of H-pyrrole nitrogens is 1. The van der Waals surface area contributed by atoms with Crippen molar-refractivity contribution in [3.05, 3.63) is 53.6 Å². The zero-order valence-electron chi connectivity index (χ0n) is 14.4. The van der Waals surface area contributed by atoms with Crippen LogP contribution in [-0.2, 0) is 11.0 Å². The molecule has 2 aromatic carbocycles. The van der Waals surface area contributed by atoms with Crippen LogP contribution in [0.4, 0.5) is 13.2 Å². The molecular weight excluding hydrogens is 329 g/mol. The summed E-state index contributed by atoms with van der Waals surface area (Å²) in [5.41, 5.74) is 2.14. The van der Waals surface area contributed by atoms with E-state index in [1.165, 1.54) is 12.5 Å². The van der Waals surface area contributed by atoms with E-state index in [1.54, 1.807) is 0 Å². The van der Waals surface area contributed by atoms with Gasteiger partial charge in [0.15, 0.2) is 0 Å². The normalized spacial score (nSPS) is 10.5. The molecule has 0 unspecified atom stereocenters. The maximum absolute atomic E-state index is 12.7. The summed E-state index contributed by atoms with van der Waals surface area (Å²) in [4.78, 5) is 15.3. The average Bonchev–Trinajstić information content (AvgIpc) is 3.00. The van der Waals surface area contributed by atoms with Gasteiger partial charge in [0.1, 0.15) is 12.6 Å². The van der Waals surface area contributed by atoms with Gasteiger partial charge in [-0.05, 0) is 30.7 Å². The van der Waals surface area contributed by atoms with E-state index in [2.05, 4.69) is 23.8 Å². The smallest absolute Gasteiger partial charge is 0.338 e. The third kappa shape index (κ3) is 5.17. The number of carbonyl (C=O) groups is 1. The van der Waals surface area contributed by atoms with Gasteiger partial charge in [-0.15, -0.1) is 0 Å². The lowest BCUT2D eigenvalue weighted by atomic mass is 10.1. The van der Waals surface area contributed by atoms with Crippen LogP contribution in [0.15, 0.2) is 42.5 Å². The maximum atomic E-state index is 12.7. The zero-order chi connectivity index (χ0) is 19.0. The van der Waals surface area contributed by atoms with Gasteiger partial charge in [-0.25, -0.2) is 4.98 Å². The Morgan fingerprint density at radius 1 is 1.08 bits per heavy atom. The Kier molecular flexibility index (Phi) is 7.36. The Balaban J connectivity index is 0.000000567. The lowest BCUT2D eigenvalue weighted by Crippen LogP contribution is -2.04. The molecule has 0 bridgehead atoms. The van der Waals surface area contributed by atoms with Gasteiger partial charge in [-0.2, -0.15) is 13.2 Å². The molecular formula is C19H21F3N2O. The lowest BCUT2D eigenvalue weighted by Gasteiger charge is -2.05. The van der Waals surface area contributed by atoms with Crippen molar-refractivity contribution in [2.75, 3.05) is 0 Å². The Morgan fingerprint density at radius 2 is 1.68 bits per heavy atom. The van der Waals surface area contributed by atoms with E-state index >= 15 is 0 Å². The molecule has 0 spiro atoms. The van der Waals surface area contributed by atoms with Crippen molar-refractivity contribution in [2.45, 2.75) is 33.4 Å². The summed E-state index contributed by atoms with van der Waals surface area (Å²) in [7, 11) is 0. The number of benzene rings is 2. The number of aromatic nitrogens is 2. The van der Waals surface area contributed by atoms with Gasteiger partial charge in [0, 0.05) is 5.56 Å². The molecule has 0 saturated carbocycles. The van der Waals surface area contributed by atoms with Crippen LogP contribution in [0.2, 0.25) is 0 Å². The van der Waals surface area contributed by atoms with E-state index in [1.807, 2.05) is 38.0 Å². The van der Waals surface area contributed by atoms with Gasteiger partial charge in [0.2, 0.25) is 0 Å². The monoisotopic (exact) mass is 350 g/mol. The lowest BCUT2D eigenvalue weighted by molar-refractivity contribution is -0.137. The molecule has 0 amide bonds. The first-order chi connectivity index (χ1) is 11.9. The summed E-state index contributed by atoms with van der Waals surface area (Å²) in [6.07, 6.45) is -3.10. The number of carbonyl (C=O) groups excluding carboxylic acids is 1.